The predicted molar refractivity (Wildman–Crippen MR) is 49.8 cm³/mol. The second kappa shape index (κ2) is 3.29. The molecule has 4 heteroatoms. The monoisotopic (exact) mass is 212 g/mol. The molecule has 2 rings (SSSR count). The van der Waals surface area contributed by atoms with E-state index >= 15 is 0 Å². The van der Waals surface area contributed by atoms with Crippen LogP contribution in [0.1, 0.15) is 17.5 Å². The van der Waals surface area contributed by atoms with Crippen molar-refractivity contribution in [1.82, 2.24) is 0 Å². The van der Waals surface area contributed by atoms with Crippen LogP contribution in [0.15, 0.2) is 24.3 Å². The summed E-state index contributed by atoms with van der Waals surface area (Å²) < 4.78 is 27.5. The van der Waals surface area contributed by atoms with Crippen LogP contribution in [0.5, 0.6) is 0 Å². The average molecular weight is 212 g/mol. The summed E-state index contributed by atoms with van der Waals surface area (Å²) in [5, 5.41) is 8.72. The minimum Gasteiger partial charge on any atom is -0.481 e. The molecule has 1 aromatic carbocycles. The van der Waals surface area contributed by atoms with E-state index in [0.29, 0.717) is 12.0 Å². The highest BCUT2D eigenvalue weighted by Gasteiger charge is 2.49. The molecular weight excluding hydrogens is 202 g/mol. The van der Waals surface area contributed by atoms with Gasteiger partial charge in [-0.05, 0) is 18.4 Å². The molecule has 1 atom stereocenters. The van der Waals surface area contributed by atoms with Gasteiger partial charge in [0.15, 0.2) is 0 Å². The summed E-state index contributed by atoms with van der Waals surface area (Å²) in [6.07, 6.45) is 0.405. The van der Waals surface area contributed by atoms with E-state index in [1.54, 1.807) is 12.1 Å². The van der Waals surface area contributed by atoms with Crippen molar-refractivity contribution in [3.63, 3.8) is 0 Å². The Morgan fingerprint density at radius 3 is 2.73 bits per heavy atom. The van der Waals surface area contributed by atoms with Crippen LogP contribution in [-0.4, -0.2) is 11.1 Å². The van der Waals surface area contributed by atoms with Gasteiger partial charge in [-0.25, -0.2) is 8.78 Å². The minimum absolute atomic E-state index is 0.000648. The summed E-state index contributed by atoms with van der Waals surface area (Å²) in [5.74, 6) is -6.26. The third-order valence-corrected chi connectivity index (χ3v) is 2.81. The van der Waals surface area contributed by atoms with Crippen molar-refractivity contribution in [2.45, 2.75) is 18.8 Å². The molecule has 1 unspecified atom stereocenters. The van der Waals surface area contributed by atoms with Crippen molar-refractivity contribution < 1.29 is 18.7 Å². The van der Waals surface area contributed by atoms with E-state index in [1.165, 1.54) is 12.1 Å². The minimum atomic E-state index is -3.25. The maximum Gasteiger partial charge on any atom is 0.313 e. The van der Waals surface area contributed by atoms with Crippen LogP contribution < -0.4 is 0 Å². The van der Waals surface area contributed by atoms with Crippen molar-refractivity contribution in [1.29, 1.82) is 0 Å². The summed E-state index contributed by atoms with van der Waals surface area (Å²) >= 11 is 0. The lowest BCUT2D eigenvalue weighted by atomic mass is 9.81. The second-order valence-corrected chi connectivity index (χ2v) is 3.71. The number of fused-ring (bicyclic) bond motifs is 1. The maximum atomic E-state index is 13.7. The lowest BCUT2D eigenvalue weighted by Gasteiger charge is -2.30. The highest BCUT2D eigenvalue weighted by molar-refractivity contribution is 5.72. The van der Waals surface area contributed by atoms with Crippen molar-refractivity contribution in [2.24, 2.45) is 5.92 Å². The summed E-state index contributed by atoms with van der Waals surface area (Å²) in [6.45, 7) is 0. The molecule has 0 radical (unpaired) electrons. The highest BCUT2D eigenvalue weighted by Crippen LogP contribution is 2.44. The van der Waals surface area contributed by atoms with Gasteiger partial charge in [0.1, 0.15) is 5.92 Å². The van der Waals surface area contributed by atoms with Crippen LogP contribution in [-0.2, 0) is 17.1 Å². The van der Waals surface area contributed by atoms with Crippen molar-refractivity contribution >= 4 is 5.97 Å². The van der Waals surface area contributed by atoms with Gasteiger partial charge in [-0.15, -0.1) is 0 Å². The first kappa shape index (κ1) is 10.1. The van der Waals surface area contributed by atoms with Gasteiger partial charge in [-0.1, -0.05) is 24.3 Å². The third-order valence-electron chi connectivity index (χ3n) is 2.81. The van der Waals surface area contributed by atoms with E-state index in [2.05, 4.69) is 0 Å². The van der Waals surface area contributed by atoms with E-state index < -0.39 is 17.8 Å². The summed E-state index contributed by atoms with van der Waals surface area (Å²) in [7, 11) is 0. The zero-order chi connectivity index (χ0) is 11.1. The molecule has 2 nitrogen and oxygen atoms in total. The molecule has 1 aliphatic rings. The van der Waals surface area contributed by atoms with Gasteiger partial charge in [0.05, 0.1) is 0 Å². The van der Waals surface area contributed by atoms with Gasteiger partial charge in [0, 0.05) is 5.56 Å². The Morgan fingerprint density at radius 1 is 1.40 bits per heavy atom. The van der Waals surface area contributed by atoms with Crippen LogP contribution >= 0.6 is 0 Å². The van der Waals surface area contributed by atoms with E-state index in [4.69, 9.17) is 5.11 Å². The molecule has 1 N–H and O–H groups in total. The number of hydrogen-bond acceptors (Lipinski definition) is 1. The highest BCUT2D eigenvalue weighted by atomic mass is 19.3. The fraction of sp³-hybridized carbons (Fsp3) is 0.364. The van der Waals surface area contributed by atoms with Crippen molar-refractivity contribution in [2.75, 3.05) is 0 Å². The fourth-order valence-electron chi connectivity index (χ4n) is 2.01. The van der Waals surface area contributed by atoms with Crippen LogP contribution in [0.2, 0.25) is 0 Å². The van der Waals surface area contributed by atoms with Crippen molar-refractivity contribution in [3.05, 3.63) is 35.4 Å². The first-order valence-electron chi connectivity index (χ1n) is 4.72. The van der Waals surface area contributed by atoms with Gasteiger partial charge in [0.25, 0.3) is 5.92 Å². The first-order valence-corrected chi connectivity index (χ1v) is 4.72. The maximum absolute atomic E-state index is 13.7. The number of benzene rings is 1. The Kier molecular flexibility index (Phi) is 2.21. The molecule has 1 aliphatic carbocycles. The van der Waals surface area contributed by atoms with Gasteiger partial charge in [0.2, 0.25) is 0 Å². The number of rotatable bonds is 1. The number of hydrogen-bond donors (Lipinski definition) is 1. The molecule has 0 amide bonds. The molecule has 0 saturated carbocycles. The molecule has 0 aliphatic heterocycles. The van der Waals surface area contributed by atoms with Crippen molar-refractivity contribution in [3.8, 4) is 0 Å². The Bertz CT molecular complexity index is 401. The molecule has 0 heterocycles. The molecule has 0 fully saturated rings. The number of carboxylic acid groups (broad SMARTS) is 1. The van der Waals surface area contributed by atoms with Crippen LogP contribution in [0.25, 0.3) is 0 Å². The molecule has 0 saturated heterocycles. The normalized spacial score (nSPS) is 23.2. The Balaban J connectivity index is 2.49. The van der Waals surface area contributed by atoms with Gasteiger partial charge in [-0.2, -0.15) is 0 Å². The van der Waals surface area contributed by atoms with Crippen LogP contribution in [0.4, 0.5) is 8.78 Å². The number of carboxylic acids is 1. The predicted octanol–water partition coefficient (Wildman–Crippen LogP) is 2.43. The molecular formula is C11H10F2O2. The molecule has 80 valence electrons. The van der Waals surface area contributed by atoms with Gasteiger partial charge >= 0.3 is 5.97 Å². The van der Waals surface area contributed by atoms with Gasteiger partial charge in [-0.3, -0.25) is 4.79 Å². The Morgan fingerprint density at radius 2 is 2.07 bits per heavy atom. The number of aliphatic carboxylic acids is 1. The number of alkyl halides is 2. The van der Waals surface area contributed by atoms with E-state index in [9.17, 15) is 13.6 Å². The summed E-state index contributed by atoms with van der Waals surface area (Å²) in [6, 6.07) is 6.14. The average Bonchev–Trinajstić information content (AvgIpc) is 2.17. The molecule has 0 bridgehead atoms. The molecule has 0 spiro atoms. The van der Waals surface area contributed by atoms with Crippen LogP contribution in [0, 0.1) is 5.92 Å². The molecule has 15 heavy (non-hydrogen) atoms. The quantitative estimate of drug-likeness (QED) is 0.776. The fourth-order valence-corrected chi connectivity index (χ4v) is 2.01. The largest absolute Gasteiger partial charge is 0.481 e. The number of carbonyl (C=O) groups is 1. The zero-order valence-corrected chi connectivity index (χ0v) is 7.91. The zero-order valence-electron chi connectivity index (χ0n) is 7.91. The standard InChI is InChI=1S/C11H10F2O2/c12-11(13)8-4-2-1-3-7(8)5-6-9(11)10(14)15/h1-4,9H,5-6H2,(H,14,15). The lowest BCUT2D eigenvalue weighted by Crippen LogP contribution is -2.36. The first-order chi connectivity index (χ1) is 7.03. The molecule has 0 aromatic heterocycles. The number of halogens is 2. The van der Waals surface area contributed by atoms with Crippen LogP contribution in [0.3, 0.4) is 0 Å². The van der Waals surface area contributed by atoms with E-state index in [1.807, 2.05) is 0 Å². The SMILES string of the molecule is O=C(O)C1CCc2ccccc2C1(F)F. The van der Waals surface area contributed by atoms with Gasteiger partial charge < -0.3 is 5.11 Å². The van der Waals surface area contributed by atoms with E-state index in [0.717, 1.165) is 0 Å². The smallest absolute Gasteiger partial charge is 0.313 e. The Labute approximate surface area is 85.5 Å². The third kappa shape index (κ3) is 1.50. The topological polar surface area (TPSA) is 37.3 Å². The Hall–Kier alpha value is -1.45. The molecule has 1 aromatic rings. The summed E-state index contributed by atoms with van der Waals surface area (Å²) in [4.78, 5) is 10.7. The summed E-state index contributed by atoms with van der Waals surface area (Å²) in [5.41, 5.74) is 0.420. The van der Waals surface area contributed by atoms with E-state index in [-0.39, 0.29) is 12.0 Å². The number of aryl methyl sites for hydroxylation is 1. The lowest BCUT2D eigenvalue weighted by molar-refractivity contribution is -0.160. The second-order valence-electron chi connectivity index (χ2n) is 3.71.